The lowest BCUT2D eigenvalue weighted by atomic mass is 10.0. The molecule has 0 aliphatic carbocycles. The fourth-order valence-electron chi connectivity index (χ4n) is 3.18. The number of nitrogens with one attached hydrogen (secondary N) is 2. The summed E-state index contributed by atoms with van der Waals surface area (Å²) < 4.78 is 5.68. The smallest absolute Gasteiger partial charge is 0.318 e. The van der Waals surface area contributed by atoms with E-state index < -0.39 is 0 Å². The predicted octanol–water partition coefficient (Wildman–Crippen LogP) is 2.65. The normalized spacial score (nSPS) is 17.0. The van der Waals surface area contributed by atoms with E-state index in [1.54, 1.807) is 4.90 Å². The quantitative estimate of drug-likeness (QED) is 0.798. The molecule has 142 valence electrons. The van der Waals surface area contributed by atoms with Gasteiger partial charge in [-0.1, -0.05) is 42.5 Å². The third-order valence-corrected chi connectivity index (χ3v) is 4.51. The van der Waals surface area contributed by atoms with Gasteiger partial charge in [0.15, 0.2) is 0 Å². The minimum atomic E-state index is -0.272. The Bertz CT molecular complexity index is 779. The van der Waals surface area contributed by atoms with Gasteiger partial charge < -0.3 is 20.3 Å². The van der Waals surface area contributed by atoms with Crippen molar-refractivity contribution in [2.75, 3.05) is 26.2 Å². The van der Waals surface area contributed by atoms with Gasteiger partial charge in [0.2, 0.25) is 5.91 Å². The highest BCUT2D eigenvalue weighted by atomic mass is 16.5. The first kappa shape index (κ1) is 18.8. The molecular weight excluding hydrogens is 342 g/mol. The third-order valence-electron chi connectivity index (χ3n) is 4.51. The molecular formula is C21H25N3O3. The van der Waals surface area contributed by atoms with Crippen LogP contribution in [0, 0.1) is 6.92 Å². The zero-order chi connectivity index (χ0) is 19.1. The van der Waals surface area contributed by atoms with Crippen LogP contribution in [0.25, 0.3) is 0 Å². The highest BCUT2D eigenvalue weighted by Gasteiger charge is 2.29. The van der Waals surface area contributed by atoms with Crippen LogP contribution < -0.4 is 15.4 Å². The van der Waals surface area contributed by atoms with Crippen LogP contribution >= 0.6 is 0 Å². The monoisotopic (exact) mass is 367 g/mol. The molecule has 0 aromatic heterocycles. The Morgan fingerprint density at radius 2 is 2.04 bits per heavy atom. The van der Waals surface area contributed by atoms with Crippen molar-refractivity contribution in [1.29, 1.82) is 0 Å². The molecule has 1 aliphatic rings. The van der Waals surface area contributed by atoms with Crippen LogP contribution in [0.4, 0.5) is 4.79 Å². The van der Waals surface area contributed by atoms with Crippen molar-refractivity contribution < 1.29 is 14.3 Å². The summed E-state index contributed by atoms with van der Waals surface area (Å²) in [6.07, 6.45) is 0.261. The van der Waals surface area contributed by atoms with E-state index in [-0.39, 0.29) is 24.4 Å². The van der Waals surface area contributed by atoms with Gasteiger partial charge in [-0.25, -0.2) is 4.79 Å². The minimum absolute atomic E-state index is 0.0399. The largest absolute Gasteiger partial charge is 0.492 e. The second-order valence-corrected chi connectivity index (χ2v) is 6.57. The summed E-state index contributed by atoms with van der Waals surface area (Å²) in [5, 5.41) is 5.74. The van der Waals surface area contributed by atoms with Crippen LogP contribution in [-0.2, 0) is 4.79 Å². The zero-order valence-corrected chi connectivity index (χ0v) is 15.5. The van der Waals surface area contributed by atoms with E-state index in [0.717, 1.165) is 16.9 Å². The van der Waals surface area contributed by atoms with Gasteiger partial charge in [-0.3, -0.25) is 4.79 Å². The highest BCUT2D eigenvalue weighted by molar-refractivity contribution is 5.80. The molecule has 2 N–H and O–H groups in total. The molecule has 1 aliphatic heterocycles. The van der Waals surface area contributed by atoms with E-state index in [0.29, 0.717) is 26.2 Å². The summed E-state index contributed by atoms with van der Waals surface area (Å²) in [6.45, 7) is 3.71. The maximum absolute atomic E-state index is 12.7. The Balaban J connectivity index is 1.58. The number of rotatable bonds is 5. The Labute approximate surface area is 159 Å². The number of carbonyl (C=O) groups excluding carboxylic acids is 2. The highest BCUT2D eigenvalue weighted by Crippen LogP contribution is 2.25. The molecule has 1 fully saturated rings. The third kappa shape index (κ3) is 5.23. The second kappa shape index (κ2) is 9.07. The Morgan fingerprint density at radius 1 is 1.22 bits per heavy atom. The first-order valence-electron chi connectivity index (χ1n) is 9.19. The fraction of sp³-hybridized carbons (Fsp3) is 0.333. The van der Waals surface area contributed by atoms with E-state index >= 15 is 0 Å². The maximum Gasteiger partial charge on any atom is 0.318 e. The molecule has 0 bridgehead atoms. The SMILES string of the molecule is Cc1cccc(OCCNC(=O)N2CCNC(=O)CC2c2ccccc2)c1. The van der Waals surface area contributed by atoms with Gasteiger partial charge in [-0.05, 0) is 30.2 Å². The molecule has 27 heavy (non-hydrogen) atoms. The Morgan fingerprint density at radius 3 is 2.81 bits per heavy atom. The van der Waals surface area contributed by atoms with Gasteiger partial charge in [0, 0.05) is 13.1 Å². The van der Waals surface area contributed by atoms with Crippen LogP contribution in [0.15, 0.2) is 54.6 Å². The van der Waals surface area contributed by atoms with E-state index in [1.807, 2.05) is 61.5 Å². The number of carbonyl (C=O) groups is 2. The number of ether oxygens (including phenoxy) is 1. The molecule has 2 aromatic carbocycles. The molecule has 3 rings (SSSR count). The summed E-state index contributed by atoms with van der Waals surface area (Å²) in [5.74, 6) is 0.748. The molecule has 3 amide bonds. The lowest BCUT2D eigenvalue weighted by Gasteiger charge is -2.29. The topological polar surface area (TPSA) is 70.7 Å². The van der Waals surface area contributed by atoms with Crippen LogP contribution in [-0.4, -0.2) is 43.1 Å². The summed E-state index contributed by atoms with van der Waals surface area (Å²) >= 11 is 0. The van der Waals surface area contributed by atoms with Crippen molar-refractivity contribution in [3.05, 3.63) is 65.7 Å². The molecule has 6 nitrogen and oxygen atoms in total. The van der Waals surface area contributed by atoms with Crippen molar-refractivity contribution in [3.8, 4) is 5.75 Å². The first-order chi connectivity index (χ1) is 13.1. The maximum atomic E-state index is 12.7. The van der Waals surface area contributed by atoms with Crippen LogP contribution in [0.2, 0.25) is 0 Å². The molecule has 6 heteroatoms. The summed E-state index contributed by atoms with van der Waals surface area (Å²) in [4.78, 5) is 26.4. The van der Waals surface area contributed by atoms with E-state index in [9.17, 15) is 9.59 Å². The van der Waals surface area contributed by atoms with E-state index in [2.05, 4.69) is 10.6 Å². The number of urea groups is 1. The number of hydrogen-bond donors (Lipinski definition) is 2. The first-order valence-corrected chi connectivity index (χ1v) is 9.19. The number of hydrogen-bond acceptors (Lipinski definition) is 3. The minimum Gasteiger partial charge on any atom is -0.492 e. The lowest BCUT2D eigenvalue weighted by Crippen LogP contribution is -2.44. The molecule has 1 heterocycles. The molecule has 0 radical (unpaired) electrons. The standard InChI is InChI=1S/C21H25N3O3/c1-16-6-5-9-18(14-16)27-13-11-23-21(26)24-12-10-22-20(25)15-19(24)17-7-3-2-4-8-17/h2-9,14,19H,10-13,15H2,1H3,(H,22,25)(H,23,26). The number of benzene rings is 2. The van der Waals surface area contributed by atoms with Crippen molar-refractivity contribution in [2.24, 2.45) is 0 Å². The van der Waals surface area contributed by atoms with Gasteiger partial charge in [-0.2, -0.15) is 0 Å². The molecule has 1 unspecified atom stereocenters. The summed E-state index contributed by atoms with van der Waals surface area (Å²) in [7, 11) is 0. The zero-order valence-electron chi connectivity index (χ0n) is 15.5. The van der Waals surface area contributed by atoms with Crippen molar-refractivity contribution in [2.45, 2.75) is 19.4 Å². The van der Waals surface area contributed by atoms with Crippen molar-refractivity contribution in [1.82, 2.24) is 15.5 Å². The van der Waals surface area contributed by atoms with Crippen LogP contribution in [0.3, 0.4) is 0 Å². The molecule has 1 atom stereocenters. The van der Waals surface area contributed by atoms with Crippen LogP contribution in [0.1, 0.15) is 23.6 Å². The molecule has 2 aromatic rings. The average Bonchev–Trinajstić information content (AvgIpc) is 2.87. The average molecular weight is 367 g/mol. The number of aryl methyl sites for hydroxylation is 1. The van der Waals surface area contributed by atoms with Crippen molar-refractivity contribution >= 4 is 11.9 Å². The molecule has 0 spiro atoms. The molecule has 1 saturated heterocycles. The number of amides is 3. The Kier molecular flexibility index (Phi) is 6.30. The Hall–Kier alpha value is -3.02. The fourth-order valence-corrected chi connectivity index (χ4v) is 3.18. The van der Waals surface area contributed by atoms with Gasteiger partial charge in [0.1, 0.15) is 12.4 Å². The lowest BCUT2D eigenvalue weighted by molar-refractivity contribution is -0.121. The van der Waals surface area contributed by atoms with Crippen LogP contribution in [0.5, 0.6) is 5.75 Å². The van der Waals surface area contributed by atoms with Gasteiger partial charge in [0.05, 0.1) is 19.0 Å². The summed E-state index contributed by atoms with van der Waals surface area (Å²) in [6, 6.07) is 17.0. The second-order valence-electron chi connectivity index (χ2n) is 6.57. The van der Waals surface area contributed by atoms with E-state index in [1.165, 1.54) is 0 Å². The molecule has 0 saturated carbocycles. The van der Waals surface area contributed by atoms with Gasteiger partial charge in [-0.15, -0.1) is 0 Å². The van der Waals surface area contributed by atoms with Gasteiger partial charge in [0.25, 0.3) is 0 Å². The van der Waals surface area contributed by atoms with Gasteiger partial charge >= 0.3 is 6.03 Å². The number of nitrogens with zero attached hydrogens (tertiary/aromatic N) is 1. The summed E-state index contributed by atoms with van der Waals surface area (Å²) in [5.41, 5.74) is 2.09. The van der Waals surface area contributed by atoms with E-state index in [4.69, 9.17) is 4.74 Å². The predicted molar refractivity (Wildman–Crippen MR) is 104 cm³/mol. The van der Waals surface area contributed by atoms with Crippen molar-refractivity contribution in [3.63, 3.8) is 0 Å².